The highest BCUT2D eigenvalue weighted by Crippen LogP contribution is 2.36. The van der Waals surface area contributed by atoms with Gasteiger partial charge in [-0.25, -0.2) is 0 Å². The molecule has 5 heteroatoms. The minimum Gasteiger partial charge on any atom is -0.379 e. The van der Waals surface area contributed by atoms with E-state index in [1.165, 1.54) is 0 Å². The van der Waals surface area contributed by atoms with Crippen molar-refractivity contribution in [3.8, 4) is 0 Å². The largest absolute Gasteiger partial charge is 0.379 e. The summed E-state index contributed by atoms with van der Waals surface area (Å²) < 4.78 is 0. The molecule has 0 aliphatic rings. The fourth-order valence-electron chi connectivity index (χ4n) is 2.08. The van der Waals surface area contributed by atoms with Crippen molar-refractivity contribution in [1.29, 1.82) is 0 Å². The van der Waals surface area contributed by atoms with E-state index in [0.717, 1.165) is 13.0 Å². The van der Waals surface area contributed by atoms with Gasteiger partial charge in [0.15, 0.2) is 0 Å². The van der Waals surface area contributed by atoms with E-state index in [4.69, 9.17) is 0 Å². The molecule has 0 amide bonds. The Labute approximate surface area is 121 Å². The highest BCUT2D eigenvalue weighted by Gasteiger charge is 2.25. The first-order chi connectivity index (χ1) is 9.40. The summed E-state index contributed by atoms with van der Waals surface area (Å²) in [6, 6.07) is 5.68. The van der Waals surface area contributed by atoms with Gasteiger partial charge in [0.2, 0.25) is 0 Å². The molecule has 0 spiro atoms. The number of hydrogen-bond acceptors (Lipinski definition) is 4. The summed E-state index contributed by atoms with van der Waals surface area (Å²) in [5.41, 5.74) is 1.42. The minimum absolute atomic E-state index is 0.163. The maximum atomic E-state index is 11.4. The first-order valence-corrected chi connectivity index (χ1v) is 7.14. The van der Waals surface area contributed by atoms with Crippen LogP contribution >= 0.6 is 0 Å². The van der Waals surface area contributed by atoms with Crippen LogP contribution in [0.3, 0.4) is 0 Å². The Morgan fingerprint density at radius 2 is 2.00 bits per heavy atom. The first-order valence-electron chi connectivity index (χ1n) is 7.14. The fourth-order valence-corrected chi connectivity index (χ4v) is 2.08. The second kappa shape index (κ2) is 7.12. The Balaban J connectivity index is 3.21. The Morgan fingerprint density at radius 1 is 1.35 bits per heavy atom. The van der Waals surface area contributed by atoms with Crippen LogP contribution in [0.1, 0.15) is 34.1 Å². The van der Waals surface area contributed by atoms with Crippen molar-refractivity contribution in [2.24, 2.45) is 5.92 Å². The van der Waals surface area contributed by atoms with E-state index in [-0.39, 0.29) is 16.7 Å². The van der Waals surface area contributed by atoms with Gasteiger partial charge in [-0.3, -0.25) is 10.1 Å². The van der Waals surface area contributed by atoms with E-state index >= 15 is 0 Å². The molecule has 0 aliphatic heterocycles. The summed E-state index contributed by atoms with van der Waals surface area (Å²) in [6.45, 7) is 9.09. The summed E-state index contributed by atoms with van der Waals surface area (Å²) in [6.07, 6.45) is 0.930. The smallest absolute Gasteiger partial charge is 0.315 e. The molecule has 1 rings (SSSR count). The lowest BCUT2D eigenvalue weighted by molar-refractivity contribution is -0.383. The fraction of sp³-hybridized carbons (Fsp3) is 0.600. The number of nitrogens with zero attached hydrogens (tertiary/aromatic N) is 2. The van der Waals surface area contributed by atoms with Crippen molar-refractivity contribution in [2.45, 2.75) is 40.2 Å². The van der Waals surface area contributed by atoms with Gasteiger partial charge >= 0.3 is 5.69 Å². The Morgan fingerprint density at radius 3 is 2.50 bits per heavy atom. The van der Waals surface area contributed by atoms with Crippen LogP contribution < -0.4 is 10.2 Å². The molecule has 1 atom stereocenters. The third-order valence-corrected chi connectivity index (χ3v) is 3.72. The van der Waals surface area contributed by atoms with E-state index in [0.29, 0.717) is 17.3 Å². The van der Waals surface area contributed by atoms with Gasteiger partial charge in [-0.05, 0) is 31.4 Å². The van der Waals surface area contributed by atoms with Crippen LogP contribution in [0.25, 0.3) is 0 Å². The van der Waals surface area contributed by atoms with E-state index in [1.807, 2.05) is 31.0 Å². The summed E-state index contributed by atoms with van der Waals surface area (Å²) in [5.74, 6) is 0.423. The molecule has 1 aromatic rings. The zero-order chi connectivity index (χ0) is 15.3. The van der Waals surface area contributed by atoms with Gasteiger partial charge in [-0.15, -0.1) is 0 Å². The molecule has 0 bridgehead atoms. The molecule has 1 N–H and O–H groups in total. The average Bonchev–Trinajstić information content (AvgIpc) is 2.42. The minimum atomic E-state index is -0.295. The molecule has 0 heterocycles. The summed E-state index contributed by atoms with van der Waals surface area (Å²) in [7, 11) is 1.91. The number of anilines is 2. The van der Waals surface area contributed by atoms with Gasteiger partial charge in [0, 0.05) is 19.6 Å². The zero-order valence-corrected chi connectivity index (χ0v) is 13.0. The SMILES string of the molecule is CCCNc1cccc(N(C)C(C)C(C)C)c1[N+](=O)[O-]. The van der Waals surface area contributed by atoms with E-state index < -0.39 is 0 Å². The maximum Gasteiger partial charge on any atom is 0.315 e. The van der Waals surface area contributed by atoms with Crippen molar-refractivity contribution in [3.63, 3.8) is 0 Å². The predicted molar refractivity (Wildman–Crippen MR) is 84.6 cm³/mol. The normalized spacial score (nSPS) is 12.3. The van der Waals surface area contributed by atoms with Crippen LogP contribution in [0.15, 0.2) is 18.2 Å². The molecule has 0 aliphatic carbocycles. The van der Waals surface area contributed by atoms with Crippen molar-refractivity contribution < 1.29 is 4.92 Å². The molecule has 0 radical (unpaired) electrons. The summed E-state index contributed by atoms with van der Waals surface area (Å²) in [5, 5.41) is 14.6. The van der Waals surface area contributed by atoms with Crippen LogP contribution in [-0.2, 0) is 0 Å². The number of nitrogens with one attached hydrogen (secondary N) is 1. The molecule has 1 unspecified atom stereocenters. The van der Waals surface area contributed by atoms with Gasteiger partial charge < -0.3 is 10.2 Å². The second-order valence-electron chi connectivity index (χ2n) is 5.45. The van der Waals surface area contributed by atoms with Gasteiger partial charge in [-0.2, -0.15) is 0 Å². The van der Waals surface area contributed by atoms with Crippen LogP contribution in [0.4, 0.5) is 17.1 Å². The molecule has 20 heavy (non-hydrogen) atoms. The molecule has 112 valence electrons. The molecular weight excluding hydrogens is 254 g/mol. The first kappa shape index (κ1) is 16.3. The molecule has 0 saturated carbocycles. The molecule has 5 nitrogen and oxygen atoms in total. The van der Waals surface area contributed by atoms with E-state index in [9.17, 15) is 10.1 Å². The van der Waals surface area contributed by atoms with E-state index in [2.05, 4.69) is 26.1 Å². The van der Waals surface area contributed by atoms with Crippen LogP contribution in [0.5, 0.6) is 0 Å². The van der Waals surface area contributed by atoms with Crippen LogP contribution in [0, 0.1) is 16.0 Å². The number of hydrogen-bond donors (Lipinski definition) is 1. The molecular formula is C15H25N3O2. The predicted octanol–water partition coefficient (Wildman–Crippen LogP) is 3.90. The van der Waals surface area contributed by atoms with E-state index in [1.54, 1.807) is 6.07 Å². The van der Waals surface area contributed by atoms with Crippen molar-refractivity contribution in [1.82, 2.24) is 0 Å². The van der Waals surface area contributed by atoms with Crippen molar-refractivity contribution in [2.75, 3.05) is 23.8 Å². The monoisotopic (exact) mass is 279 g/mol. The third-order valence-electron chi connectivity index (χ3n) is 3.72. The lowest BCUT2D eigenvalue weighted by Crippen LogP contribution is -2.33. The van der Waals surface area contributed by atoms with Gasteiger partial charge in [-0.1, -0.05) is 26.8 Å². The average molecular weight is 279 g/mol. The number of rotatable bonds is 7. The molecule has 0 saturated heterocycles. The topological polar surface area (TPSA) is 58.4 Å². The molecule has 0 aromatic heterocycles. The highest BCUT2D eigenvalue weighted by molar-refractivity contribution is 5.77. The molecule has 0 fully saturated rings. The number of nitro groups is 1. The van der Waals surface area contributed by atoms with Crippen LogP contribution in [-0.4, -0.2) is 24.6 Å². The number of para-hydroxylation sites is 1. The number of benzene rings is 1. The van der Waals surface area contributed by atoms with Gasteiger partial charge in [0.05, 0.1) is 4.92 Å². The summed E-state index contributed by atoms with van der Waals surface area (Å²) in [4.78, 5) is 13.1. The Kier molecular flexibility index (Phi) is 5.80. The standard InChI is InChI=1S/C15H25N3O2/c1-6-10-16-13-8-7-9-14(15(13)18(19)20)17(5)12(4)11(2)3/h7-9,11-12,16H,6,10H2,1-5H3. The van der Waals surface area contributed by atoms with Crippen molar-refractivity contribution >= 4 is 17.1 Å². The van der Waals surface area contributed by atoms with Crippen molar-refractivity contribution in [3.05, 3.63) is 28.3 Å². The maximum absolute atomic E-state index is 11.4. The Bertz CT molecular complexity index is 460. The summed E-state index contributed by atoms with van der Waals surface area (Å²) >= 11 is 0. The third kappa shape index (κ3) is 3.62. The number of nitro benzene ring substituents is 1. The van der Waals surface area contributed by atoms with Crippen LogP contribution in [0.2, 0.25) is 0 Å². The van der Waals surface area contributed by atoms with Gasteiger partial charge in [0.25, 0.3) is 0 Å². The lowest BCUT2D eigenvalue weighted by atomic mass is 10.0. The second-order valence-corrected chi connectivity index (χ2v) is 5.45. The molecule has 1 aromatic carbocycles. The highest BCUT2D eigenvalue weighted by atomic mass is 16.6. The quantitative estimate of drug-likeness (QED) is 0.607. The zero-order valence-electron chi connectivity index (χ0n) is 13.0. The van der Waals surface area contributed by atoms with Gasteiger partial charge in [0.1, 0.15) is 11.4 Å². The Hall–Kier alpha value is -1.78. The lowest BCUT2D eigenvalue weighted by Gasteiger charge is -2.30.